The number of hydrogen-bond donors (Lipinski definition) is 2. The molecule has 1 aliphatic heterocycles. The number of aliphatic hydroxyl groups is 1. The van der Waals surface area contributed by atoms with E-state index < -0.39 is 18.6 Å². The van der Waals surface area contributed by atoms with Crippen molar-refractivity contribution in [2.75, 3.05) is 44.8 Å². The van der Waals surface area contributed by atoms with Gasteiger partial charge in [0.05, 0.1) is 13.7 Å². The fraction of sp³-hybridized carbons (Fsp3) is 0.348. The lowest BCUT2D eigenvalue weighted by atomic mass is 10.1. The van der Waals surface area contributed by atoms with Gasteiger partial charge in [0.2, 0.25) is 5.91 Å². The molecular weight excluding hydrogens is 398 g/mol. The van der Waals surface area contributed by atoms with Crippen LogP contribution >= 0.6 is 0 Å². The molecule has 1 fully saturated rings. The average Bonchev–Trinajstić information content (AvgIpc) is 2.82. The number of hydrogen-bond acceptors (Lipinski definition) is 6. The van der Waals surface area contributed by atoms with Crippen LogP contribution in [0.3, 0.4) is 0 Å². The first-order valence-electron chi connectivity index (χ1n) is 10.1. The van der Waals surface area contributed by atoms with Gasteiger partial charge in [-0.25, -0.2) is 0 Å². The number of amides is 2. The number of piperazine rings is 1. The van der Waals surface area contributed by atoms with Gasteiger partial charge >= 0.3 is 0 Å². The van der Waals surface area contributed by atoms with E-state index in [4.69, 9.17) is 4.74 Å². The molecule has 1 unspecified atom stereocenters. The van der Waals surface area contributed by atoms with Crippen LogP contribution in [0.15, 0.2) is 48.5 Å². The van der Waals surface area contributed by atoms with E-state index in [1.807, 2.05) is 12.1 Å². The molecule has 2 aromatic rings. The van der Waals surface area contributed by atoms with Gasteiger partial charge in [0.25, 0.3) is 5.91 Å². The van der Waals surface area contributed by atoms with Crippen LogP contribution < -0.4 is 15.0 Å². The van der Waals surface area contributed by atoms with E-state index in [1.54, 1.807) is 41.3 Å². The third-order valence-electron chi connectivity index (χ3n) is 5.35. The molecule has 2 amide bonds. The Bertz CT molecular complexity index is 936. The van der Waals surface area contributed by atoms with E-state index in [-0.39, 0.29) is 11.7 Å². The van der Waals surface area contributed by atoms with E-state index in [0.29, 0.717) is 43.1 Å². The lowest BCUT2D eigenvalue weighted by Gasteiger charge is -2.37. The van der Waals surface area contributed by atoms with E-state index in [1.165, 1.54) is 14.0 Å². The maximum atomic E-state index is 12.9. The summed E-state index contributed by atoms with van der Waals surface area (Å²) in [6.07, 6.45) is 0. The lowest BCUT2D eigenvalue weighted by Crippen LogP contribution is -2.56. The van der Waals surface area contributed by atoms with Crippen LogP contribution in [0.2, 0.25) is 0 Å². The fourth-order valence-corrected chi connectivity index (χ4v) is 3.50. The van der Waals surface area contributed by atoms with Crippen molar-refractivity contribution in [2.45, 2.75) is 13.0 Å². The van der Waals surface area contributed by atoms with Gasteiger partial charge in [0, 0.05) is 43.0 Å². The van der Waals surface area contributed by atoms with Gasteiger partial charge in [-0.05, 0) is 49.4 Å². The molecule has 1 heterocycles. The highest BCUT2D eigenvalue weighted by molar-refractivity contribution is 5.98. The number of nitrogens with zero attached hydrogens (tertiary/aromatic N) is 2. The Hall–Kier alpha value is -3.39. The molecule has 0 aromatic heterocycles. The van der Waals surface area contributed by atoms with Gasteiger partial charge in [0.15, 0.2) is 5.78 Å². The highest BCUT2D eigenvalue weighted by Gasteiger charge is 2.28. The van der Waals surface area contributed by atoms with Crippen LogP contribution in [0.25, 0.3) is 0 Å². The molecule has 164 valence electrons. The lowest BCUT2D eigenvalue weighted by molar-refractivity contribution is -0.134. The number of methoxy groups -OCH3 is 1. The molecule has 8 heteroatoms. The summed E-state index contributed by atoms with van der Waals surface area (Å²) in [6, 6.07) is 13.0. The quantitative estimate of drug-likeness (QED) is 0.650. The number of aliphatic hydroxyl groups excluding tert-OH is 1. The van der Waals surface area contributed by atoms with Crippen molar-refractivity contribution in [2.24, 2.45) is 0 Å². The Balaban J connectivity index is 1.57. The zero-order valence-electron chi connectivity index (χ0n) is 17.7. The smallest absolute Gasteiger partial charge is 0.252 e. The van der Waals surface area contributed by atoms with Crippen LogP contribution in [0.1, 0.15) is 27.6 Å². The second-order valence-corrected chi connectivity index (χ2v) is 7.36. The molecule has 31 heavy (non-hydrogen) atoms. The molecule has 1 saturated heterocycles. The number of Topliss-reactive ketones (excluding diaryl/α,β-unsaturated/α-hetero) is 1. The van der Waals surface area contributed by atoms with Crippen molar-refractivity contribution in [1.29, 1.82) is 0 Å². The average molecular weight is 425 g/mol. The molecule has 1 atom stereocenters. The Kier molecular flexibility index (Phi) is 7.25. The number of anilines is 1. The van der Waals surface area contributed by atoms with Crippen LogP contribution in [0.4, 0.5) is 5.69 Å². The Morgan fingerprint density at radius 1 is 1.03 bits per heavy atom. The van der Waals surface area contributed by atoms with E-state index in [2.05, 4.69) is 10.2 Å². The maximum absolute atomic E-state index is 12.9. The van der Waals surface area contributed by atoms with Crippen LogP contribution in [-0.4, -0.2) is 73.5 Å². The molecule has 0 bridgehead atoms. The van der Waals surface area contributed by atoms with E-state index in [9.17, 15) is 19.5 Å². The number of nitrogens with one attached hydrogen (secondary N) is 1. The summed E-state index contributed by atoms with van der Waals surface area (Å²) >= 11 is 0. The summed E-state index contributed by atoms with van der Waals surface area (Å²) in [5.74, 6) is -0.208. The largest absolute Gasteiger partial charge is 0.497 e. The summed E-state index contributed by atoms with van der Waals surface area (Å²) in [5.41, 5.74) is 2.00. The number of rotatable bonds is 7. The first-order valence-corrected chi connectivity index (χ1v) is 10.1. The minimum absolute atomic E-state index is 0.0213. The van der Waals surface area contributed by atoms with Crippen LogP contribution in [0.5, 0.6) is 5.75 Å². The predicted molar refractivity (Wildman–Crippen MR) is 117 cm³/mol. The monoisotopic (exact) mass is 425 g/mol. The van der Waals surface area contributed by atoms with Gasteiger partial charge in [0.1, 0.15) is 11.8 Å². The first-order chi connectivity index (χ1) is 14.9. The summed E-state index contributed by atoms with van der Waals surface area (Å²) in [5, 5.41) is 12.3. The summed E-state index contributed by atoms with van der Waals surface area (Å²) in [4.78, 5) is 40.6. The molecule has 1 aliphatic rings. The highest BCUT2D eigenvalue weighted by Crippen LogP contribution is 2.18. The molecule has 0 radical (unpaired) electrons. The number of ether oxygens (including phenoxy) is 1. The summed E-state index contributed by atoms with van der Waals surface area (Å²) in [7, 11) is 1.51. The number of carbonyl (C=O) groups excluding carboxylic acids is 3. The van der Waals surface area contributed by atoms with Crippen molar-refractivity contribution in [1.82, 2.24) is 10.2 Å². The third kappa shape index (κ3) is 5.40. The highest BCUT2D eigenvalue weighted by atomic mass is 16.5. The predicted octanol–water partition coefficient (Wildman–Crippen LogP) is 1.34. The SMILES string of the molecule is COc1cccc(C(=O)NC(CO)C(=O)N2CCN(c3ccc(C(C)=O)cc3)CC2)c1. The normalized spacial score (nSPS) is 14.7. The number of carbonyl (C=O) groups is 3. The van der Waals surface area contributed by atoms with Gasteiger partial charge in [-0.1, -0.05) is 6.07 Å². The number of ketones is 1. The Labute approximate surface area is 181 Å². The number of benzene rings is 2. The molecular formula is C23H27N3O5. The van der Waals surface area contributed by atoms with Crippen LogP contribution in [-0.2, 0) is 4.79 Å². The third-order valence-corrected chi connectivity index (χ3v) is 5.35. The molecule has 0 saturated carbocycles. The van der Waals surface area contributed by atoms with Gasteiger partial charge in [-0.2, -0.15) is 0 Å². The molecule has 8 nitrogen and oxygen atoms in total. The minimum Gasteiger partial charge on any atom is -0.497 e. The molecule has 3 rings (SSSR count). The van der Waals surface area contributed by atoms with Crippen molar-refractivity contribution in [3.63, 3.8) is 0 Å². The topological polar surface area (TPSA) is 99.2 Å². The van der Waals surface area contributed by atoms with E-state index in [0.717, 1.165) is 5.69 Å². The van der Waals surface area contributed by atoms with Crippen molar-refractivity contribution in [3.8, 4) is 5.75 Å². The minimum atomic E-state index is -1.01. The molecule has 0 aliphatic carbocycles. The van der Waals surface area contributed by atoms with Crippen molar-refractivity contribution >= 4 is 23.3 Å². The molecule has 0 spiro atoms. The summed E-state index contributed by atoms with van der Waals surface area (Å²) in [6.45, 7) is 3.23. The fourth-order valence-electron chi connectivity index (χ4n) is 3.50. The van der Waals surface area contributed by atoms with Crippen LogP contribution in [0, 0.1) is 0 Å². The molecule has 2 aromatic carbocycles. The standard InChI is InChI=1S/C23H27N3O5/c1-16(28)17-6-8-19(9-7-17)25-10-12-26(13-11-25)23(30)21(15-27)24-22(29)18-4-3-5-20(14-18)31-2/h3-9,14,21,27H,10-13,15H2,1-2H3,(H,24,29). The summed E-state index contributed by atoms with van der Waals surface area (Å²) < 4.78 is 5.12. The Morgan fingerprint density at radius 3 is 2.29 bits per heavy atom. The second kappa shape index (κ2) is 10.1. The van der Waals surface area contributed by atoms with Crippen molar-refractivity contribution < 1.29 is 24.2 Å². The molecule has 2 N–H and O–H groups in total. The van der Waals surface area contributed by atoms with E-state index >= 15 is 0 Å². The van der Waals surface area contributed by atoms with Gasteiger partial charge in [-0.3, -0.25) is 14.4 Å². The Morgan fingerprint density at radius 2 is 1.71 bits per heavy atom. The maximum Gasteiger partial charge on any atom is 0.252 e. The van der Waals surface area contributed by atoms with Gasteiger partial charge < -0.3 is 25.0 Å². The van der Waals surface area contributed by atoms with Gasteiger partial charge in [-0.15, -0.1) is 0 Å². The zero-order chi connectivity index (χ0) is 22.4. The zero-order valence-corrected chi connectivity index (χ0v) is 17.7. The van der Waals surface area contributed by atoms with Crippen molar-refractivity contribution in [3.05, 3.63) is 59.7 Å². The second-order valence-electron chi connectivity index (χ2n) is 7.36. The first kappa shape index (κ1) is 22.3.